The first kappa shape index (κ1) is 6.84. The molecule has 2 rings (SSSR count). The van der Waals surface area contributed by atoms with Gasteiger partial charge in [0.25, 0.3) is 0 Å². The fraction of sp³-hybridized carbons (Fsp3) is 0. The molecule has 0 fully saturated rings. The quantitative estimate of drug-likeness (QED) is 0.716. The molecule has 11 heavy (non-hydrogen) atoms. The van der Waals surface area contributed by atoms with Gasteiger partial charge in [0.05, 0.1) is 6.20 Å². The lowest BCUT2D eigenvalue weighted by Crippen LogP contribution is -1.95. The van der Waals surface area contributed by atoms with Crippen molar-refractivity contribution in [2.75, 3.05) is 5.73 Å². The Hall–Kier alpha value is -0.850. The Balaban J connectivity index is 2.94. The topological polar surface area (TPSA) is 56.2 Å². The molecular formula is C6H5IN4. The molecular weight excluding hydrogens is 255 g/mol. The minimum absolute atomic E-state index is 0.517. The zero-order chi connectivity index (χ0) is 7.84. The number of halogens is 1. The Kier molecular flexibility index (Phi) is 1.45. The summed E-state index contributed by atoms with van der Waals surface area (Å²) in [5.41, 5.74) is 6.45. The first-order valence-electron chi connectivity index (χ1n) is 3.02. The predicted molar refractivity (Wildman–Crippen MR) is 50.1 cm³/mol. The van der Waals surface area contributed by atoms with E-state index < -0.39 is 0 Å². The first-order valence-corrected chi connectivity index (χ1v) is 4.10. The highest BCUT2D eigenvalue weighted by molar-refractivity contribution is 14.1. The van der Waals surface area contributed by atoms with E-state index in [1.54, 1.807) is 12.4 Å². The molecule has 4 nitrogen and oxygen atoms in total. The summed E-state index contributed by atoms with van der Waals surface area (Å²) in [7, 11) is 0. The molecule has 0 atom stereocenters. The van der Waals surface area contributed by atoms with Gasteiger partial charge in [0.2, 0.25) is 0 Å². The van der Waals surface area contributed by atoms with E-state index in [-0.39, 0.29) is 0 Å². The number of nitrogen functional groups attached to an aromatic ring is 1. The van der Waals surface area contributed by atoms with Crippen LogP contribution in [-0.4, -0.2) is 14.4 Å². The van der Waals surface area contributed by atoms with Gasteiger partial charge in [-0.25, -0.2) is 9.97 Å². The van der Waals surface area contributed by atoms with Gasteiger partial charge in [0.1, 0.15) is 11.3 Å². The third kappa shape index (κ3) is 0.953. The molecule has 2 aromatic heterocycles. The van der Waals surface area contributed by atoms with Crippen LogP contribution in [0.1, 0.15) is 0 Å². The number of rotatable bonds is 0. The summed E-state index contributed by atoms with van der Waals surface area (Å²) in [5, 5.41) is 0. The highest BCUT2D eigenvalue weighted by atomic mass is 127. The molecule has 0 aromatic carbocycles. The van der Waals surface area contributed by atoms with Crippen molar-refractivity contribution in [3.8, 4) is 0 Å². The van der Waals surface area contributed by atoms with E-state index in [1.165, 1.54) is 0 Å². The zero-order valence-electron chi connectivity index (χ0n) is 5.53. The summed E-state index contributed by atoms with van der Waals surface area (Å²) in [5.74, 6) is 0.517. The predicted octanol–water partition coefficient (Wildman–Crippen LogP) is 0.916. The molecule has 0 unspecified atom stereocenters. The molecule has 2 heterocycles. The smallest absolute Gasteiger partial charge is 0.176 e. The molecule has 56 valence electrons. The fourth-order valence-corrected chi connectivity index (χ4v) is 1.48. The molecule has 0 aliphatic carbocycles. The molecule has 2 aromatic rings. The molecule has 0 radical (unpaired) electrons. The van der Waals surface area contributed by atoms with Crippen LogP contribution in [0.4, 0.5) is 5.82 Å². The van der Waals surface area contributed by atoms with Crippen LogP contribution in [0.5, 0.6) is 0 Å². The van der Waals surface area contributed by atoms with Crippen LogP contribution in [0.2, 0.25) is 0 Å². The minimum atomic E-state index is 0.517. The summed E-state index contributed by atoms with van der Waals surface area (Å²) in [6.45, 7) is 0. The second kappa shape index (κ2) is 2.33. The number of anilines is 1. The molecule has 0 aliphatic rings. The number of hydrogen-bond donors (Lipinski definition) is 1. The Bertz CT molecular complexity index is 394. The van der Waals surface area contributed by atoms with E-state index in [1.807, 2.05) is 10.6 Å². The molecule has 2 N–H and O–H groups in total. The minimum Gasteiger partial charge on any atom is -0.382 e. The van der Waals surface area contributed by atoms with Gasteiger partial charge in [-0.2, -0.15) is 0 Å². The molecule has 0 saturated carbocycles. The lowest BCUT2D eigenvalue weighted by atomic mass is 10.5. The fourth-order valence-electron chi connectivity index (χ4n) is 0.916. The number of nitrogens with two attached hydrogens (primary N) is 1. The number of nitrogens with zero attached hydrogens (tertiary/aromatic N) is 3. The maximum Gasteiger partial charge on any atom is 0.176 e. The third-order valence-electron chi connectivity index (χ3n) is 1.44. The van der Waals surface area contributed by atoms with E-state index in [9.17, 15) is 0 Å². The number of hydrogen-bond acceptors (Lipinski definition) is 3. The van der Waals surface area contributed by atoms with E-state index in [2.05, 4.69) is 32.6 Å². The molecule has 5 heteroatoms. The number of fused-ring (bicyclic) bond motifs is 1. The van der Waals surface area contributed by atoms with Gasteiger partial charge in [0.15, 0.2) is 3.83 Å². The molecule has 0 saturated heterocycles. The van der Waals surface area contributed by atoms with Gasteiger partial charge in [-0.05, 0) is 0 Å². The summed E-state index contributed by atoms with van der Waals surface area (Å²) in [4.78, 5) is 8.02. The molecule has 0 aliphatic heterocycles. The average molecular weight is 260 g/mol. The average Bonchev–Trinajstić information content (AvgIpc) is 2.35. The molecule has 0 spiro atoms. The van der Waals surface area contributed by atoms with Crippen LogP contribution in [0.25, 0.3) is 5.52 Å². The number of aromatic nitrogens is 3. The van der Waals surface area contributed by atoms with E-state index in [4.69, 9.17) is 5.73 Å². The zero-order valence-corrected chi connectivity index (χ0v) is 7.69. The van der Waals surface area contributed by atoms with Gasteiger partial charge >= 0.3 is 0 Å². The van der Waals surface area contributed by atoms with Crippen molar-refractivity contribution in [3.63, 3.8) is 0 Å². The third-order valence-corrected chi connectivity index (χ3v) is 2.24. The summed E-state index contributed by atoms with van der Waals surface area (Å²) in [6.07, 6.45) is 5.21. The van der Waals surface area contributed by atoms with Gasteiger partial charge in [-0.3, -0.25) is 4.40 Å². The van der Waals surface area contributed by atoms with Gasteiger partial charge in [-0.1, -0.05) is 0 Å². The summed E-state index contributed by atoms with van der Waals surface area (Å²) >= 11 is 2.14. The number of imidazole rings is 1. The second-order valence-corrected chi connectivity index (χ2v) is 3.06. The Morgan fingerprint density at radius 1 is 1.45 bits per heavy atom. The summed E-state index contributed by atoms with van der Waals surface area (Å²) in [6, 6.07) is 0. The van der Waals surface area contributed by atoms with Crippen molar-refractivity contribution in [1.82, 2.24) is 14.4 Å². The maximum absolute atomic E-state index is 5.59. The first-order chi connectivity index (χ1) is 5.29. The van der Waals surface area contributed by atoms with Crippen LogP contribution in [0, 0.1) is 3.83 Å². The van der Waals surface area contributed by atoms with Crippen molar-refractivity contribution in [3.05, 3.63) is 22.4 Å². The highest BCUT2D eigenvalue weighted by Gasteiger charge is 2.01. The molecule has 0 bridgehead atoms. The van der Waals surface area contributed by atoms with Gasteiger partial charge < -0.3 is 5.73 Å². The van der Waals surface area contributed by atoms with E-state index in [0.717, 1.165) is 9.35 Å². The highest BCUT2D eigenvalue weighted by Crippen LogP contribution is 2.12. The van der Waals surface area contributed by atoms with Crippen molar-refractivity contribution >= 4 is 33.9 Å². The monoisotopic (exact) mass is 260 g/mol. The van der Waals surface area contributed by atoms with Crippen LogP contribution in [-0.2, 0) is 0 Å². The Morgan fingerprint density at radius 3 is 3.00 bits per heavy atom. The Labute approximate surface area is 76.6 Å². The lowest BCUT2D eigenvalue weighted by molar-refractivity contribution is 1.07. The second-order valence-electron chi connectivity index (χ2n) is 2.09. The van der Waals surface area contributed by atoms with Gasteiger partial charge in [-0.15, -0.1) is 0 Å². The van der Waals surface area contributed by atoms with E-state index in [0.29, 0.717) is 5.82 Å². The SMILES string of the molecule is Nc1nccn2c(I)ncc12. The lowest BCUT2D eigenvalue weighted by Gasteiger charge is -1.95. The van der Waals surface area contributed by atoms with E-state index >= 15 is 0 Å². The normalized spacial score (nSPS) is 10.6. The molecule has 0 amide bonds. The maximum atomic E-state index is 5.59. The van der Waals surface area contributed by atoms with Crippen LogP contribution in [0.3, 0.4) is 0 Å². The largest absolute Gasteiger partial charge is 0.382 e. The Morgan fingerprint density at radius 2 is 2.27 bits per heavy atom. The van der Waals surface area contributed by atoms with Crippen LogP contribution < -0.4 is 5.73 Å². The van der Waals surface area contributed by atoms with Crippen molar-refractivity contribution in [2.24, 2.45) is 0 Å². The van der Waals surface area contributed by atoms with Crippen molar-refractivity contribution < 1.29 is 0 Å². The van der Waals surface area contributed by atoms with Gasteiger partial charge in [0, 0.05) is 35.0 Å². The van der Waals surface area contributed by atoms with Crippen LogP contribution in [0.15, 0.2) is 18.6 Å². The standard InChI is InChI=1S/C6H5IN4/c7-6-10-3-4-5(8)9-1-2-11(4)6/h1-3H,(H2,8,9). The summed E-state index contributed by atoms with van der Waals surface area (Å²) < 4.78 is 2.79. The van der Waals surface area contributed by atoms with Crippen molar-refractivity contribution in [1.29, 1.82) is 0 Å². The van der Waals surface area contributed by atoms with Crippen molar-refractivity contribution in [2.45, 2.75) is 0 Å². The van der Waals surface area contributed by atoms with Crippen LogP contribution >= 0.6 is 22.6 Å².